The van der Waals surface area contributed by atoms with Crippen molar-refractivity contribution in [3.05, 3.63) is 0 Å². The first-order valence-electron chi connectivity index (χ1n) is 7.47. The molecule has 2 fully saturated rings. The molecule has 1 aliphatic heterocycles. The van der Waals surface area contributed by atoms with Gasteiger partial charge in [0, 0.05) is 24.5 Å². The third-order valence-electron chi connectivity index (χ3n) is 4.66. The molecule has 0 aromatic rings. The summed E-state index contributed by atoms with van der Waals surface area (Å²) in [7, 11) is 0. The molecule has 3 heteroatoms. The first-order valence-corrected chi connectivity index (χ1v) is 7.47. The van der Waals surface area contributed by atoms with E-state index in [0.29, 0.717) is 5.92 Å². The van der Waals surface area contributed by atoms with Gasteiger partial charge >= 0.3 is 0 Å². The summed E-state index contributed by atoms with van der Waals surface area (Å²) in [6.07, 6.45) is 3.96. The van der Waals surface area contributed by atoms with Gasteiger partial charge in [0.15, 0.2) is 0 Å². The van der Waals surface area contributed by atoms with Crippen LogP contribution in [0.4, 0.5) is 0 Å². The Kier molecular flexibility index (Phi) is 3.79. The number of nitrogens with two attached hydrogens (primary N) is 1. The molecule has 1 aliphatic carbocycles. The number of rotatable bonds is 5. The van der Waals surface area contributed by atoms with E-state index >= 15 is 0 Å². The number of hydrogen-bond acceptors (Lipinski definition) is 3. The molecule has 0 amide bonds. The fourth-order valence-electron chi connectivity index (χ4n) is 3.47. The molecule has 0 spiro atoms. The second-order valence-corrected chi connectivity index (χ2v) is 7.17. The van der Waals surface area contributed by atoms with E-state index in [1.807, 2.05) is 0 Å². The van der Waals surface area contributed by atoms with Gasteiger partial charge in [0.2, 0.25) is 0 Å². The molecule has 0 radical (unpaired) electrons. The van der Waals surface area contributed by atoms with Crippen LogP contribution in [0.25, 0.3) is 0 Å². The average molecular weight is 254 g/mol. The van der Waals surface area contributed by atoms with E-state index in [1.54, 1.807) is 0 Å². The molecule has 2 atom stereocenters. The molecule has 1 saturated heterocycles. The van der Waals surface area contributed by atoms with Gasteiger partial charge in [-0.2, -0.15) is 0 Å². The molecule has 2 unspecified atom stereocenters. The fraction of sp³-hybridized carbons (Fsp3) is 1.00. The van der Waals surface area contributed by atoms with E-state index in [-0.39, 0.29) is 17.2 Å². The van der Waals surface area contributed by atoms with E-state index in [0.717, 1.165) is 12.6 Å². The van der Waals surface area contributed by atoms with Crippen LogP contribution in [-0.4, -0.2) is 41.3 Å². The maximum absolute atomic E-state index is 6.45. The van der Waals surface area contributed by atoms with Crippen LogP contribution in [0.15, 0.2) is 0 Å². The van der Waals surface area contributed by atoms with Gasteiger partial charge in [-0.05, 0) is 53.5 Å². The Bertz CT molecular complexity index is 297. The van der Waals surface area contributed by atoms with Crippen LogP contribution in [0, 0.1) is 5.92 Å². The van der Waals surface area contributed by atoms with E-state index in [4.69, 9.17) is 10.5 Å². The van der Waals surface area contributed by atoms with E-state index < -0.39 is 0 Å². The van der Waals surface area contributed by atoms with Crippen LogP contribution in [0.1, 0.15) is 53.9 Å². The summed E-state index contributed by atoms with van der Waals surface area (Å²) in [4.78, 5) is 2.64. The lowest BCUT2D eigenvalue weighted by Gasteiger charge is -2.33. The van der Waals surface area contributed by atoms with E-state index in [2.05, 4.69) is 39.5 Å². The Morgan fingerprint density at radius 1 is 1.17 bits per heavy atom. The van der Waals surface area contributed by atoms with Gasteiger partial charge < -0.3 is 10.5 Å². The summed E-state index contributed by atoms with van der Waals surface area (Å²) in [5, 5.41) is 0. The number of nitrogens with zero attached hydrogens (tertiary/aromatic N) is 1. The van der Waals surface area contributed by atoms with Crippen molar-refractivity contribution in [3.63, 3.8) is 0 Å². The van der Waals surface area contributed by atoms with Crippen molar-refractivity contribution in [1.82, 2.24) is 4.90 Å². The monoisotopic (exact) mass is 254 g/mol. The highest BCUT2D eigenvalue weighted by Crippen LogP contribution is 2.42. The van der Waals surface area contributed by atoms with Crippen LogP contribution in [-0.2, 0) is 4.74 Å². The zero-order valence-corrected chi connectivity index (χ0v) is 12.7. The summed E-state index contributed by atoms with van der Waals surface area (Å²) in [6.45, 7) is 13.2. The summed E-state index contributed by atoms with van der Waals surface area (Å²) < 4.78 is 6.19. The van der Waals surface area contributed by atoms with Gasteiger partial charge in [0.25, 0.3) is 0 Å². The first kappa shape index (κ1) is 14.3. The van der Waals surface area contributed by atoms with Crippen LogP contribution in [0.3, 0.4) is 0 Å². The summed E-state index contributed by atoms with van der Waals surface area (Å²) in [6, 6.07) is 0.947. The maximum atomic E-state index is 6.45. The van der Waals surface area contributed by atoms with Crippen LogP contribution < -0.4 is 5.73 Å². The van der Waals surface area contributed by atoms with Gasteiger partial charge in [-0.15, -0.1) is 0 Å². The molecule has 1 saturated carbocycles. The molecular formula is C15H30N2O. The molecule has 2 aliphatic rings. The largest absolute Gasteiger partial charge is 0.368 e. The molecule has 3 nitrogen and oxygen atoms in total. The Morgan fingerprint density at radius 2 is 1.78 bits per heavy atom. The molecular weight excluding hydrogens is 224 g/mol. The van der Waals surface area contributed by atoms with Gasteiger partial charge in [-0.1, -0.05) is 6.92 Å². The Labute approximate surface area is 112 Å². The van der Waals surface area contributed by atoms with Crippen molar-refractivity contribution >= 4 is 0 Å². The zero-order valence-electron chi connectivity index (χ0n) is 12.7. The van der Waals surface area contributed by atoms with Crippen molar-refractivity contribution < 1.29 is 4.74 Å². The Hall–Kier alpha value is -0.120. The molecule has 0 aromatic heterocycles. The quantitative estimate of drug-likeness (QED) is 0.818. The highest BCUT2D eigenvalue weighted by Gasteiger charge is 2.52. The summed E-state index contributed by atoms with van der Waals surface area (Å²) in [5.74, 6) is 0.430. The number of hydrogen-bond donors (Lipinski definition) is 1. The lowest BCUT2D eigenvalue weighted by atomic mass is 9.82. The predicted molar refractivity (Wildman–Crippen MR) is 75.6 cm³/mol. The minimum Gasteiger partial charge on any atom is -0.368 e. The average Bonchev–Trinajstić information content (AvgIpc) is 3.02. The summed E-state index contributed by atoms with van der Waals surface area (Å²) in [5.41, 5.74) is 6.14. The smallest absolute Gasteiger partial charge is 0.0788 e. The van der Waals surface area contributed by atoms with Crippen molar-refractivity contribution in [2.24, 2.45) is 11.7 Å². The van der Waals surface area contributed by atoms with Gasteiger partial charge in [-0.25, -0.2) is 0 Å². The second-order valence-electron chi connectivity index (χ2n) is 7.17. The molecule has 0 aromatic carbocycles. The standard InChI is InChI=1S/C15H30N2O/c1-6-9-17(11-7-8-11)10-12-13(16)15(4,5)18-14(12,2)3/h11-13H,6-10,16H2,1-5H3. The van der Waals surface area contributed by atoms with E-state index in [1.165, 1.54) is 25.8 Å². The lowest BCUT2D eigenvalue weighted by Crippen LogP contribution is -2.48. The Balaban J connectivity index is 2.06. The Morgan fingerprint density at radius 3 is 2.17 bits per heavy atom. The van der Waals surface area contributed by atoms with Crippen LogP contribution >= 0.6 is 0 Å². The van der Waals surface area contributed by atoms with Gasteiger partial charge in [-0.3, -0.25) is 4.90 Å². The van der Waals surface area contributed by atoms with Crippen molar-refractivity contribution in [2.45, 2.75) is 77.2 Å². The predicted octanol–water partition coefficient (Wildman–Crippen LogP) is 2.39. The molecule has 0 bridgehead atoms. The third kappa shape index (κ3) is 2.73. The normalized spacial score (nSPS) is 34.2. The minimum absolute atomic E-state index is 0.107. The lowest BCUT2D eigenvalue weighted by molar-refractivity contribution is -0.0786. The SMILES string of the molecule is CCCN(CC1C(N)C(C)(C)OC1(C)C)C1CC1. The van der Waals surface area contributed by atoms with Crippen LogP contribution in [0.2, 0.25) is 0 Å². The highest BCUT2D eigenvalue weighted by atomic mass is 16.5. The van der Waals surface area contributed by atoms with Crippen LogP contribution in [0.5, 0.6) is 0 Å². The second kappa shape index (κ2) is 4.77. The van der Waals surface area contributed by atoms with Crippen molar-refractivity contribution in [1.29, 1.82) is 0 Å². The van der Waals surface area contributed by atoms with Gasteiger partial charge in [0.05, 0.1) is 11.2 Å². The van der Waals surface area contributed by atoms with Crippen molar-refractivity contribution in [3.8, 4) is 0 Å². The fourth-order valence-corrected chi connectivity index (χ4v) is 3.47. The molecule has 2 N–H and O–H groups in total. The van der Waals surface area contributed by atoms with E-state index in [9.17, 15) is 0 Å². The van der Waals surface area contributed by atoms with Gasteiger partial charge in [0.1, 0.15) is 0 Å². The highest BCUT2D eigenvalue weighted by molar-refractivity contribution is 5.05. The topological polar surface area (TPSA) is 38.5 Å². The molecule has 2 rings (SSSR count). The van der Waals surface area contributed by atoms with Crippen molar-refractivity contribution in [2.75, 3.05) is 13.1 Å². The molecule has 18 heavy (non-hydrogen) atoms. The zero-order chi connectivity index (χ0) is 13.6. The summed E-state index contributed by atoms with van der Waals surface area (Å²) >= 11 is 0. The first-order chi connectivity index (χ1) is 8.28. The molecule has 1 heterocycles. The maximum Gasteiger partial charge on any atom is 0.0788 e. The third-order valence-corrected chi connectivity index (χ3v) is 4.66. The minimum atomic E-state index is -0.199. The number of ether oxygens (including phenoxy) is 1. The molecule has 106 valence electrons.